The van der Waals surface area contributed by atoms with Crippen molar-refractivity contribution in [2.24, 2.45) is 11.8 Å². The van der Waals surface area contributed by atoms with E-state index in [-0.39, 0.29) is 17.9 Å². The maximum absolute atomic E-state index is 12.1. The SMILES string of the molecule is CC(C)[C@H](C(=O)O)C(=O)N(C)[C@H]1CCN(C)C1. The molecular weight excluding hydrogens is 220 g/mol. The minimum absolute atomic E-state index is 0.146. The van der Waals surface area contributed by atoms with Crippen molar-refractivity contribution in [1.29, 1.82) is 0 Å². The topological polar surface area (TPSA) is 60.9 Å². The van der Waals surface area contributed by atoms with Crippen LogP contribution in [0.3, 0.4) is 0 Å². The molecule has 0 bridgehead atoms. The average Bonchev–Trinajstić information content (AvgIpc) is 2.62. The van der Waals surface area contributed by atoms with Gasteiger partial charge in [-0.05, 0) is 25.9 Å². The number of carbonyl (C=O) groups excluding carboxylic acids is 1. The van der Waals surface area contributed by atoms with Crippen LogP contribution in [0.4, 0.5) is 0 Å². The highest BCUT2D eigenvalue weighted by Gasteiger charge is 2.35. The van der Waals surface area contributed by atoms with E-state index < -0.39 is 11.9 Å². The van der Waals surface area contributed by atoms with E-state index >= 15 is 0 Å². The molecule has 1 amide bonds. The van der Waals surface area contributed by atoms with Crippen LogP contribution in [0.15, 0.2) is 0 Å². The van der Waals surface area contributed by atoms with E-state index in [1.54, 1.807) is 25.8 Å². The van der Waals surface area contributed by atoms with Crippen LogP contribution in [0, 0.1) is 11.8 Å². The Kier molecular flexibility index (Phi) is 4.51. The Morgan fingerprint density at radius 1 is 1.41 bits per heavy atom. The van der Waals surface area contributed by atoms with Gasteiger partial charge >= 0.3 is 5.97 Å². The lowest BCUT2D eigenvalue weighted by molar-refractivity contribution is -0.153. The predicted octanol–water partition coefficient (Wildman–Crippen LogP) is 0.506. The normalized spacial score (nSPS) is 22.8. The first-order valence-electron chi connectivity index (χ1n) is 6.02. The van der Waals surface area contributed by atoms with Gasteiger partial charge in [0.1, 0.15) is 5.92 Å². The Hall–Kier alpha value is -1.10. The molecule has 0 aromatic heterocycles. The van der Waals surface area contributed by atoms with Crippen molar-refractivity contribution in [1.82, 2.24) is 9.80 Å². The predicted molar refractivity (Wildman–Crippen MR) is 64.6 cm³/mol. The highest BCUT2D eigenvalue weighted by Crippen LogP contribution is 2.19. The Morgan fingerprint density at radius 2 is 2.00 bits per heavy atom. The molecule has 0 spiro atoms. The molecule has 1 aliphatic heterocycles. The second kappa shape index (κ2) is 5.49. The fraction of sp³-hybridized carbons (Fsp3) is 0.833. The summed E-state index contributed by atoms with van der Waals surface area (Å²) in [6.07, 6.45) is 0.920. The largest absolute Gasteiger partial charge is 0.481 e. The van der Waals surface area contributed by atoms with Crippen molar-refractivity contribution in [3.8, 4) is 0 Å². The molecule has 0 aromatic rings. The zero-order valence-electron chi connectivity index (χ0n) is 11.0. The lowest BCUT2D eigenvalue weighted by atomic mass is 9.94. The second-order valence-electron chi connectivity index (χ2n) is 5.21. The fourth-order valence-electron chi connectivity index (χ4n) is 2.30. The summed E-state index contributed by atoms with van der Waals surface area (Å²) in [4.78, 5) is 27.0. The van der Waals surface area contributed by atoms with Crippen molar-refractivity contribution in [2.75, 3.05) is 27.2 Å². The monoisotopic (exact) mass is 242 g/mol. The van der Waals surface area contributed by atoms with Crippen molar-refractivity contribution >= 4 is 11.9 Å². The van der Waals surface area contributed by atoms with Crippen LogP contribution >= 0.6 is 0 Å². The molecule has 5 nitrogen and oxygen atoms in total. The van der Waals surface area contributed by atoms with Gasteiger partial charge in [0, 0.05) is 19.6 Å². The second-order valence-corrected chi connectivity index (χ2v) is 5.21. The summed E-state index contributed by atoms with van der Waals surface area (Å²) in [6.45, 7) is 5.32. The van der Waals surface area contributed by atoms with E-state index in [1.165, 1.54) is 0 Å². The summed E-state index contributed by atoms with van der Waals surface area (Å²) in [5, 5.41) is 9.10. The maximum Gasteiger partial charge on any atom is 0.316 e. The van der Waals surface area contributed by atoms with E-state index in [0.717, 1.165) is 19.5 Å². The number of aliphatic carboxylic acids is 1. The number of hydrogen-bond donors (Lipinski definition) is 1. The van der Waals surface area contributed by atoms with E-state index in [4.69, 9.17) is 5.11 Å². The van der Waals surface area contributed by atoms with Crippen LogP contribution in [-0.2, 0) is 9.59 Å². The summed E-state index contributed by atoms with van der Waals surface area (Å²) in [7, 11) is 3.72. The van der Waals surface area contributed by atoms with Crippen LogP contribution in [0.25, 0.3) is 0 Å². The number of likely N-dealkylation sites (N-methyl/N-ethyl adjacent to an activating group) is 2. The van der Waals surface area contributed by atoms with E-state index in [2.05, 4.69) is 4.90 Å². The van der Waals surface area contributed by atoms with E-state index in [0.29, 0.717) is 0 Å². The van der Waals surface area contributed by atoms with Crippen molar-refractivity contribution < 1.29 is 14.7 Å². The first-order chi connectivity index (χ1) is 7.84. The molecule has 17 heavy (non-hydrogen) atoms. The summed E-state index contributed by atoms with van der Waals surface area (Å²) in [5.74, 6) is -2.40. The average molecular weight is 242 g/mol. The van der Waals surface area contributed by atoms with Gasteiger partial charge in [-0.15, -0.1) is 0 Å². The van der Waals surface area contributed by atoms with Crippen molar-refractivity contribution in [3.63, 3.8) is 0 Å². The number of nitrogens with zero attached hydrogens (tertiary/aromatic N) is 2. The molecular formula is C12H22N2O3. The van der Waals surface area contributed by atoms with Gasteiger partial charge in [-0.1, -0.05) is 13.8 Å². The molecule has 0 aliphatic carbocycles. The van der Waals surface area contributed by atoms with Gasteiger partial charge in [-0.2, -0.15) is 0 Å². The zero-order chi connectivity index (χ0) is 13.2. The highest BCUT2D eigenvalue weighted by molar-refractivity contribution is 5.97. The first-order valence-corrected chi connectivity index (χ1v) is 6.02. The van der Waals surface area contributed by atoms with Gasteiger partial charge in [0.05, 0.1) is 0 Å². The quantitative estimate of drug-likeness (QED) is 0.730. The Balaban J connectivity index is 2.70. The van der Waals surface area contributed by atoms with Crippen LogP contribution in [-0.4, -0.2) is 60.0 Å². The Bertz CT molecular complexity index is 304. The molecule has 1 aliphatic rings. The molecule has 5 heteroatoms. The van der Waals surface area contributed by atoms with Crippen LogP contribution in [0.5, 0.6) is 0 Å². The lowest BCUT2D eigenvalue weighted by Gasteiger charge is -2.28. The molecule has 0 aromatic carbocycles. The molecule has 0 saturated carbocycles. The minimum atomic E-state index is -1.02. The Morgan fingerprint density at radius 3 is 2.35 bits per heavy atom. The van der Waals surface area contributed by atoms with Crippen molar-refractivity contribution in [2.45, 2.75) is 26.3 Å². The molecule has 0 unspecified atom stereocenters. The molecule has 1 saturated heterocycles. The molecule has 1 heterocycles. The molecule has 1 N–H and O–H groups in total. The number of carboxylic acid groups (broad SMARTS) is 1. The van der Waals surface area contributed by atoms with Gasteiger partial charge < -0.3 is 14.9 Å². The number of amides is 1. The number of carbonyl (C=O) groups is 2. The number of hydrogen-bond acceptors (Lipinski definition) is 3. The van der Waals surface area contributed by atoms with Gasteiger partial charge in [-0.3, -0.25) is 9.59 Å². The van der Waals surface area contributed by atoms with Crippen LogP contribution in [0.1, 0.15) is 20.3 Å². The third-order valence-electron chi connectivity index (χ3n) is 3.46. The van der Waals surface area contributed by atoms with Gasteiger partial charge in [0.2, 0.25) is 5.91 Å². The fourth-order valence-corrected chi connectivity index (χ4v) is 2.30. The third-order valence-corrected chi connectivity index (χ3v) is 3.46. The first kappa shape index (κ1) is 14.0. The number of likely N-dealkylation sites (tertiary alicyclic amines) is 1. The molecule has 1 fully saturated rings. The molecule has 0 radical (unpaired) electrons. The summed E-state index contributed by atoms with van der Waals surface area (Å²) in [6, 6.07) is 0.146. The van der Waals surface area contributed by atoms with Gasteiger partial charge in [0.15, 0.2) is 0 Å². The third kappa shape index (κ3) is 3.19. The zero-order valence-corrected chi connectivity index (χ0v) is 11.0. The standard InChI is InChI=1S/C12H22N2O3/c1-8(2)10(12(16)17)11(15)14(4)9-5-6-13(3)7-9/h8-10H,5-7H2,1-4H3,(H,16,17)/t9-,10-/m0/s1. The summed E-state index contributed by atoms with van der Waals surface area (Å²) < 4.78 is 0. The molecule has 2 atom stereocenters. The van der Waals surface area contributed by atoms with Crippen LogP contribution < -0.4 is 0 Å². The maximum atomic E-state index is 12.1. The van der Waals surface area contributed by atoms with Crippen LogP contribution in [0.2, 0.25) is 0 Å². The van der Waals surface area contributed by atoms with E-state index in [9.17, 15) is 9.59 Å². The molecule has 98 valence electrons. The van der Waals surface area contributed by atoms with Gasteiger partial charge in [0.25, 0.3) is 0 Å². The Labute approximate surface area is 102 Å². The van der Waals surface area contributed by atoms with E-state index in [1.807, 2.05) is 7.05 Å². The number of rotatable bonds is 4. The van der Waals surface area contributed by atoms with Crippen molar-refractivity contribution in [3.05, 3.63) is 0 Å². The van der Waals surface area contributed by atoms with Gasteiger partial charge in [-0.25, -0.2) is 0 Å². The minimum Gasteiger partial charge on any atom is -0.481 e. The lowest BCUT2D eigenvalue weighted by Crippen LogP contribution is -2.45. The highest BCUT2D eigenvalue weighted by atomic mass is 16.4. The number of carboxylic acids is 1. The molecule has 1 rings (SSSR count). The summed E-state index contributed by atoms with van der Waals surface area (Å²) >= 11 is 0. The summed E-state index contributed by atoms with van der Waals surface area (Å²) in [5.41, 5.74) is 0. The smallest absolute Gasteiger partial charge is 0.316 e.